The highest BCUT2D eigenvalue weighted by Gasteiger charge is 2.30. The first-order valence-electron chi connectivity index (χ1n) is 14.1. The Bertz CT molecular complexity index is 1300. The zero-order valence-electron chi connectivity index (χ0n) is 22.4. The highest BCUT2D eigenvalue weighted by Crippen LogP contribution is 2.35. The molecule has 0 spiro atoms. The van der Waals surface area contributed by atoms with E-state index in [1.165, 1.54) is 12.8 Å². The Kier molecular flexibility index (Phi) is 7.60. The van der Waals surface area contributed by atoms with E-state index in [2.05, 4.69) is 35.5 Å². The molecule has 10 nitrogen and oxygen atoms in total. The summed E-state index contributed by atoms with van der Waals surface area (Å²) in [5, 5.41) is 10.7. The van der Waals surface area contributed by atoms with Crippen molar-refractivity contribution in [2.45, 2.75) is 69.3 Å². The van der Waals surface area contributed by atoms with Gasteiger partial charge in [0.05, 0.1) is 23.7 Å². The predicted molar refractivity (Wildman–Crippen MR) is 148 cm³/mol. The first kappa shape index (κ1) is 25.9. The predicted octanol–water partition coefficient (Wildman–Crippen LogP) is 3.73. The maximum atomic E-state index is 14.5. The molecule has 1 aliphatic carbocycles. The number of fused-ring (bicyclic) bond motifs is 1. The number of aromatic nitrogens is 4. The third-order valence-corrected chi connectivity index (χ3v) is 8.32. The molecule has 39 heavy (non-hydrogen) atoms. The lowest BCUT2D eigenvalue weighted by atomic mass is 10.1. The summed E-state index contributed by atoms with van der Waals surface area (Å²) in [6, 6.07) is 4.34. The van der Waals surface area contributed by atoms with Crippen LogP contribution >= 0.6 is 0 Å². The second-order valence-corrected chi connectivity index (χ2v) is 10.9. The Morgan fingerprint density at radius 3 is 2.72 bits per heavy atom. The van der Waals surface area contributed by atoms with Gasteiger partial charge < -0.3 is 30.2 Å². The number of amides is 1. The van der Waals surface area contributed by atoms with Gasteiger partial charge in [-0.1, -0.05) is 12.8 Å². The lowest BCUT2D eigenvalue weighted by molar-refractivity contribution is 0.0194. The summed E-state index contributed by atoms with van der Waals surface area (Å²) in [4.78, 5) is 28.8. The topological polar surface area (TPSA) is 109 Å². The molecule has 11 heteroatoms. The van der Waals surface area contributed by atoms with Crippen molar-refractivity contribution in [3.63, 3.8) is 0 Å². The van der Waals surface area contributed by atoms with Crippen LogP contribution in [0, 0.1) is 0 Å². The molecule has 5 heterocycles. The van der Waals surface area contributed by atoms with E-state index in [4.69, 9.17) is 4.74 Å². The van der Waals surface area contributed by atoms with E-state index in [1.54, 1.807) is 25.6 Å². The van der Waals surface area contributed by atoms with Crippen molar-refractivity contribution in [3.8, 4) is 0 Å². The minimum Gasteiger partial charge on any atom is -0.378 e. The van der Waals surface area contributed by atoms with Crippen LogP contribution in [0.1, 0.15) is 61.3 Å². The van der Waals surface area contributed by atoms with Gasteiger partial charge in [-0.15, -0.1) is 0 Å². The van der Waals surface area contributed by atoms with Crippen molar-refractivity contribution in [2.24, 2.45) is 0 Å². The molecule has 6 rings (SSSR count). The van der Waals surface area contributed by atoms with Crippen LogP contribution in [0.2, 0.25) is 0 Å². The quantitative estimate of drug-likeness (QED) is 0.419. The molecule has 0 unspecified atom stereocenters. The molecule has 3 aromatic heterocycles. The van der Waals surface area contributed by atoms with Gasteiger partial charge in [0.15, 0.2) is 0 Å². The fourth-order valence-corrected chi connectivity index (χ4v) is 6.14. The van der Waals surface area contributed by atoms with Crippen LogP contribution in [-0.2, 0) is 4.74 Å². The molecule has 3 fully saturated rings. The van der Waals surface area contributed by atoms with Crippen molar-refractivity contribution in [2.75, 3.05) is 43.5 Å². The lowest BCUT2D eigenvalue weighted by Gasteiger charge is -2.33. The monoisotopic (exact) mass is 536 g/mol. The van der Waals surface area contributed by atoms with E-state index in [-0.39, 0.29) is 24.6 Å². The summed E-state index contributed by atoms with van der Waals surface area (Å²) >= 11 is 0. The minimum atomic E-state index is -1.09. The highest BCUT2D eigenvalue weighted by atomic mass is 19.1. The van der Waals surface area contributed by atoms with Crippen molar-refractivity contribution in [3.05, 3.63) is 36.3 Å². The number of piperidine rings is 2. The average molecular weight is 537 g/mol. The van der Waals surface area contributed by atoms with Crippen LogP contribution in [0.3, 0.4) is 0 Å². The smallest absolute Gasteiger partial charge is 0.253 e. The van der Waals surface area contributed by atoms with Crippen LogP contribution in [0.5, 0.6) is 0 Å². The normalized spacial score (nSPS) is 22.9. The first-order valence-corrected chi connectivity index (χ1v) is 14.1. The number of hydrogen-bond donors (Lipinski definition) is 3. The Hall–Kier alpha value is -3.31. The van der Waals surface area contributed by atoms with Crippen molar-refractivity contribution >= 4 is 34.4 Å². The Morgan fingerprint density at radius 2 is 1.95 bits per heavy atom. The number of pyridine rings is 1. The first-order chi connectivity index (χ1) is 19.1. The molecule has 3 N–H and O–H groups in total. The zero-order chi connectivity index (χ0) is 26.8. The molecule has 2 saturated heterocycles. The molecule has 1 amide bonds. The van der Waals surface area contributed by atoms with E-state index in [0.717, 1.165) is 49.7 Å². The van der Waals surface area contributed by atoms with E-state index >= 15 is 0 Å². The summed E-state index contributed by atoms with van der Waals surface area (Å²) in [5.41, 5.74) is 1.67. The molecule has 0 radical (unpaired) electrons. The summed E-state index contributed by atoms with van der Waals surface area (Å²) < 4.78 is 22.0. The van der Waals surface area contributed by atoms with Crippen molar-refractivity contribution in [1.29, 1.82) is 0 Å². The van der Waals surface area contributed by atoms with Crippen molar-refractivity contribution < 1.29 is 13.9 Å². The van der Waals surface area contributed by atoms with Gasteiger partial charge in [-0.25, -0.2) is 14.4 Å². The number of ether oxygens (including phenoxy) is 1. The van der Waals surface area contributed by atoms with E-state index in [9.17, 15) is 9.18 Å². The summed E-state index contributed by atoms with van der Waals surface area (Å²) in [7, 11) is 1.55. The Balaban J connectivity index is 1.25. The third kappa shape index (κ3) is 5.56. The van der Waals surface area contributed by atoms with E-state index in [0.29, 0.717) is 42.2 Å². The van der Waals surface area contributed by atoms with Crippen LogP contribution < -0.4 is 20.9 Å². The largest absolute Gasteiger partial charge is 0.378 e. The summed E-state index contributed by atoms with van der Waals surface area (Å²) in [6.45, 7) is 2.68. The van der Waals surface area contributed by atoms with Gasteiger partial charge in [0.25, 0.3) is 5.91 Å². The second kappa shape index (κ2) is 11.4. The fourth-order valence-electron chi connectivity index (χ4n) is 6.14. The second-order valence-electron chi connectivity index (χ2n) is 10.9. The molecule has 208 valence electrons. The summed E-state index contributed by atoms with van der Waals surface area (Å²) in [6.07, 6.45) is 11.1. The van der Waals surface area contributed by atoms with Crippen LogP contribution in [0.25, 0.3) is 10.9 Å². The van der Waals surface area contributed by atoms with E-state index < -0.39 is 6.17 Å². The van der Waals surface area contributed by atoms with Gasteiger partial charge in [-0.3, -0.25) is 4.79 Å². The highest BCUT2D eigenvalue weighted by molar-refractivity contribution is 6.07. The zero-order valence-corrected chi connectivity index (χ0v) is 22.4. The van der Waals surface area contributed by atoms with Gasteiger partial charge in [-0.2, -0.15) is 4.98 Å². The van der Waals surface area contributed by atoms with Crippen LogP contribution in [0.4, 0.5) is 22.0 Å². The number of halogens is 1. The van der Waals surface area contributed by atoms with Crippen molar-refractivity contribution in [1.82, 2.24) is 30.2 Å². The molecule has 2 atom stereocenters. The van der Waals surface area contributed by atoms with Gasteiger partial charge in [-0.05, 0) is 51.3 Å². The maximum absolute atomic E-state index is 14.5. The SMILES string of the molecule is CO[C@@H]1CCN(c2nccc(Nc3cc4c(cn3)c(C(=O)NC3CCNCC3)cn4C3CCCC3)n2)C[C@@H]1F. The van der Waals surface area contributed by atoms with Gasteiger partial charge in [0.1, 0.15) is 17.8 Å². The van der Waals surface area contributed by atoms with Gasteiger partial charge in [0.2, 0.25) is 5.95 Å². The van der Waals surface area contributed by atoms with Crippen LogP contribution in [0.15, 0.2) is 30.7 Å². The van der Waals surface area contributed by atoms with Crippen LogP contribution in [-0.4, -0.2) is 77.0 Å². The molecule has 0 bridgehead atoms. The van der Waals surface area contributed by atoms with Gasteiger partial charge >= 0.3 is 0 Å². The number of methoxy groups -OCH3 is 1. The number of anilines is 3. The number of alkyl halides is 1. The molecule has 3 aromatic rings. The standard InChI is InChI=1S/C28H37FN8O2/c1-39-24-9-13-36(17-22(24)29)28-31-12-8-25(35-28)34-26-14-23-20(15-32-26)21(16-37(23)19-4-2-3-5-19)27(38)33-18-6-10-30-11-7-18/h8,12,14-16,18-19,22,24,30H,2-7,9-11,13,17H2,1H3,(H,33,38)(H,31,32,34,35)/t22-,24+/m0/s1. The molecular weight excluding hydrogens is 499 g/mol. The van der Waals surface area contributed by atoms with Gasteiger partial charge in [0, 0.05) is 55.8 Å². The maximum Gasteiger partial charge on any atom is 0.253 e. The number of rotatable bonds is 7. The minimum absolute atomic E-state index is 0.0324. The molecule has 2 aliphatic heterocycles. The Labute approximate surface area is 227 Å². The Morgan fingerprint density at radius 1 is 1.13 bits per heavy atom. The summed E-state index contributed by atoms with van der Waals surface area (Å²) in [5.74, 6) is 1.66. The molecule has 1 saturated carbocycles. The van der Waals surface area contributed by atoms with E-state index in [1.807, 2.05) is 17.2 Å². The molecule has 0 aromatic carbocycles. The molecular formula is C28H37FN8O2. The number of carbonyl (C=O) groups excluding carboxylic acids is 1. The lowest BCUT2D eigenvalue weighted by Crippen LogP contribution is -2.46. The average Bonchev–Trinajstić information content (AvgIpc) is 3.62. The fraction of sp³-hybridized carbons (Fsp3) is 0.571. The molecule has 3 aliphatic rings. The number of carbonyl (C=O) groups is 1. The third-order valence-electron chi connectivity index (χ3n) is 8.32. The number of nitrogens with one attached hydrogen (secondary N) is 3. The number of nitrogens with zero attached hydrogens (tertiary/aromatic N) is 5. The number of hydrogen-bond acceptors (Lipinski definition) is 8.